The van der Waals surface area contributed by atoms with Crippen LogP contribution in [0.4, 0.5) is 0 Å². The molecule has 0 saturated carbocycles. The van der Waals surface area contributed by atoms with Crippen molar-refractivity contribution in [2.45, 2.75) is 96.8 Å². The van der Waals surface area contributed by atoms with E-state index in [1.807, 2.05) is 0 Å². The number of carboxylic acids is 1. The molecule has 0 unspecified atom stereocenters. The summed E-state index contributed by atoms with van der Waals surface area (Å²) >= 11 is 0. The third kappa shape index (κ3) is 20.7. The number of carboxylic acid groups (broad SMARTS) is 1. The SMILES string of the molecule is CCCCC=CCC=CCC=CCCCCCCCCCC(=O)O. The lowest BCUT2D eigenvalue weighted by Gasteiger charge is -2.00. The summed E-state index contributed by atoms with van der Waals surface area (Å²) in [6.45, 7) is 2.23. The molecule has 2 nitrogen and oxygen atoms in total. The van der Waals surface area contributed by atoms with Gasteiger partial charge >= 0.3 is 5.97 Å². The van der Waals surface area contributed by atoms with Crippen molar-refractivity contribution < 1.29 is 9.90 Å². The molecule has 0 radical (unpaired) electrons. The molecule has 0 atom stereocenters. The molecule has 0 aliphatic heterocycles. The Labute approximate surface area is 149 Å². The summed E-state index contributed by atoms with van der Waals surface area (Å²) in [6, 6.07) is 0. The van der Waals surface area contributed by atoms with Gasteiger partial charge in [0.15, 0.2) is 0 Å². The minimum atomic E-state index is -0.667. The Bertz CT molecular complexity index is 353. The van der Waals surface area contributed by atoms with Crippen molar-refractivity contribution in [2.24, 2.45) is 0 Å². The van der Waals surface area contributed by atoms with E-state index in [2.05, 4.69) is 43.4 Å². The third-order valence-corrected chi connectivity index (χ3v) is 4.03. The van der Waals surface area contributed by atoms with E-state index in [4.69, 9.17) is 5.11 Å². The Balaban J connectivity index is 3.23. The Morgan fingerprint density at radius 2 is 1.12 bits per heavy atom. The largest absolute Gasteiger partial charge is 0.481 e. The van der Waals surface area contributed by atoms with E-state index >= 15 is 0 Å². The van der Waals surface area contributed by atoms with Gasteiger partial charge in [0.2, 0.25) is 0 Å². The lowest BCUT2D eigenvalue weighted by atomic mass is 10.1. The quantitative estimate of drug-likeness (QED) is 0.225. The van der Waals surface area contributed by atoms with E-state index in [1.54, 1.807) is 0 Å². The molecule has 138 valence electrons. The van der Waals surface area contributed by atoms with E-state index in [-0.39, 0.29) is 0 Å². The molecular weight excluding hydrogens is 296 g/mol. The second kappa shape index (κ2) is 19.7. The molecule has 0 aliphatic rings. The van der Waals surface area contributed by atoms with E-state index in [0.29, 0.717) is 6.42 Å². The van der Waals surface area contributed by atoms with Crippen LogP contribution in [-0.4, -0.2) is 11.1 Å². The van der Waals surface area contributed by atoms with Crippen molar-refractivity contribution in [3.8, 4) is 0 Å². The van der Waals surface area contributed by atoms with Crippen molar-refractivity contribution in [1.82, 2.24) is 0 Å². The standard InChI is InChI=1S/C22H38O2/c1-2-3-4-5-6-7-8-9-10-11-12-13-14-15-16-17-18-19-20-21-22(23)24/h5-6,8-9,11-12H,2-4,7,10,13-21H2,1H3,(H,23,24). The number of rotatable bonds is 17. The first-order chi connectivity index (χ1) is 11.8. The van der Waals surface area contributed by atoms with Gasteiger partial charge in [0.05, 0.1) is 0 Å². The fraction of sp³-hybridized carbons (Fsp3) is 0.682. The van der Waals surface area contributed by atoms with Gasteiger partial charge in [-0.15, -0.1) is 0 Å². The van der Waals surface area contributed by atoms with E-state index < -0.39 is 5.97 Å². The average Bonchev–Trinajstić information content (AvgIpc) is 2.56. The highest BCUT2D eigenvalue weighted by atomic mass is 16.4. The molecule has 0 fully saturated rings. The second-order valence-electron chi connectivity index (χ2n) is 6.44. The van der Waals surface area contributed by atoms with Crippen molar-refractivity contribution >= 4 is 5.97 Å². The van der Waals surface area contributed by atoms with Gasteiger partial charge in [-0.3, -0.25) is 4.79 Å². The maximum Gasteiger partial charge on any atom is 0.303 e. The maximum absolute atomic E-state index is 10.4. The van der Waals surface area contributed by atoms with Crippen LogP contribution in [0.15, 0.2) is 36.5 Å². The molecule has 0 rings (SSSR count). The molecule has 0 saturated heterocycles. The van der Waals surface area contributed by atoms with Crippen LogP contribution in [0.25, 0.3) is 0 Å². The highest BCUT2D eigenvalue weighted by molar-refractivity contribution is 5.66. The molecule has 0 amide bonds. The number of hydrogen-bond acceptors (Lipinski definition) is 1. The topological polar surface area (TPSA) is 37.3 Å². The number of unbranched alkanes of at least 4 members (excludes halogenated alkanes) is 9. The zero-order valence-corrected chi connectivity index (χ0v) is 15.7. The zero-order valence-electron chi connectivity index (χ0n) is 15.7. The molecule has 0 aliphatic carbocycles. The van der Waals surface area contributed by atoms with E-state index in [0.717, 1.165) is 25.7 Å². The molecule has 0 aromatic rings. The number of allylic oxidation sites excluding steroid dienone is 6. The molecule has 24 heavy (non-hydrogen) atoms. The summed E-state index contributed by atoms with van der Waals surface area (Å²) < 4.78 is 0. The molecule has 0 aromatic carbocycles. The van der Waals surface area contributed by atoms with E-state index in [9.17, 15) is 4.79 Å². The first-order valence-corrected chi connectivity index (χ1v) is 9.94. The molecule has 0 aromatic heterocycles. The Morgan fingerprint density at radius 3 is 1.67 bits per heavy atom. The van der Waals surface area contributed by atoms with E-state index in [1.165, 1.54) is 57.8 Å². The third-order valence-electron chi connectivity index (χ3n) is 4.03. The Hall–Kier alpha value is -1.31. The first kappa shape index (κ1) is 22.7. The monoisotopic (exact) mass is 334 g/mol. The van der Waals surface area contributed by atoms with Gasteiger partial charge in [-0.1, -0.05) is 88.3 Å². The van der Waals surface area contributed by atoms with Gasteiger partial charge in [0, 0.05) is 6.42 Å². The smallest absolute Gasteiger partial charge is 0.303 e. The molecule has 0 heterocycles. The van der Waals surface area contributed by atoms with Crippen LogP contribution in [0.5, 0.6) is 0 Å². The summed E-state index contributed by atoms with van der Waals surface area (Å²) in [5.41, 5.74) is 0. The van der Waals surface area contributed by atoms with Gasteiger partial charge in [0.1, 0.15) is 0 Å². The minimum absolute atomic E-state index is 0.328. The van der Waals surface area contributed by atoms with Crippen molar-refractivity contribution in [3.63, 3.8) is 0 Å². The maximum atomic E-state index is 10.4. The van der Waals surface area contributed by atoms with Crippen LogP contribution in [0.2, 0.25) is 0 Å². The van der Waals surface area contributed by atoms with Crippen LogP contribution in [0.3, 0.4) is 0 Å². The van der Waals surface area contributed by atoms with Crippen LogP contribution >= 0.6 is 0 Å². The first-order valence-electron chi connectivity index (χ1n) is 9.94. The Morgan fingerprint density at radius 1 is 0.667 bits per heavy atom. The summed E-state index contributed by atoms with van der Waals surface area (Å²) in [5, 5.41) is 8.54. The lowest BCUT2D eigenvalue weighted by molar-refractivity contribution is -0.137. The number of carbonyl (C=O) groups is 1. The Kier molecular flexibility index (Phi) is 18.7. The van der Waals surface area contributed by atoms with Crippen molar-refractivity contribution in [1.29, 1.82) is 0 Å². The predicted octanol–water partition coefficient (Wildman–Crippen LogP) is 7.22. The number of aliphatic carboxylic acids is 1. The van der Waals surface area contributed by atoms with Crippen LogP contribution in [-0.2, 0) is 4.79 Å². The minimum Gasteiger partial charge on any atom is -0.481 e. The zero-order chi connectivity index (χ0) is 17.7. The summed E-state index contributed by atoms with van der Waals surface area (Å²) in [4.78, 5) is 10.4. The molecule has 2 heteroatoms. The normalized spacial score (nSPS) is 12.0. The van der Waals surface area contributed by atoms with Gasteiger partial charge in [-0.2, -0.15) is 0 Å². The highest BCUT2D eigenvalue weighted by Gasteiger charge is 1.96. The molecular formula is C22H38O2. The molecule has 0 spiro atoms. The molecule has 1 N–H and O–H groups in total. The second-order valence-corrected chi connectivity index (χ2v) is 6.44. The summed E-state index contributed by atoms with van der Waals surface area (Å²) in [5.74, 6) is -0.667. The van der Waals surface area contributed by atoms with Gasteiger partial charge in [-0.25, -0.2) is 0 Å². The predicted molar refractivity (Wildman–Crippen MR) is 105 cm³/mol. The van der Waals surface area contributed by atoms with Crippen molar-refractivity contribution in [2.75, 3.05) is 0 Å². The van der Waals surface area contributed by atoms with Gasteiger partial charge in [0.25, 0.3) is 0 Å². The van der Waals surface area contributed by atoms with Gasteiger partial charge in [-0.05, 0) is 38.5 Å². The summed E-state index contributed by atoms with van der Waals surface area (Å²) in [6.07, 6.45) is 29.2. The van der Waals surface area contributed by atoms with Crippen LogP contribution in [0, 0.1) is 0 Å². The van der Waals surface area contributed by atoms with Crippen LogP contribution < -0.4 is 0 Å². The summed E-state index contributed by atoms with van der Waals surface area (Å²) in [7, 11) is 0. The fourth-order valence-electron chi connectivity index (χ4n) is 2.52. The molecule has 0 bridgehead atoms. The fourth-order valence-corrected chi connectivity index (χ4v) is 2.52. The lowest BCUT2D eigenvalue weighted by Crippen LogP contribution is -1.93. The number of hydrogen-bond donors (Lipinski definition) is 1. The highest BCUT2D eigenvalue weighted by Crippen LogP contribution is 2.10. The van der Waals surface area contributed by atoms with Crippen LogP contribution in [0.1, 0.15) is 96.8 Å². The van der Waals surface area contributed by atoms with Gasteiger partial charge < -0.3 is 5.11 Å². The average molecular weight is 335 g/mol. The van der Waals surface area contributed by atoms with Crippen molar-refractivity contribution in [3.05, 3.63) is 36.5 Å².